The molecule has 0 radical (unpaired) electrons. The Morgan fingerprint density at radius 2 is 2.17 bits per heavy atom. The Kier molecular flexibility index (Phi) is 7.55. The van der Waals surface area contributed by atoms with E-state index in [9.17, 15) is 13.6 Å². The molecule has 1 aromatic heterocycles. The van der Waals surface area contributed by atoms with Gasteiger partial charge in [0.2, 0.25) is 5.91 Å². The van der Waals surface area contributed by atoms with Crippen LogP contribution in [0, 0.1) is 17.6 Å². The summed E-state index contributed by atoms with van der Waals surface area (Å²) in [7, 11) is 3.99. The molecule has 3 rings (SSSR count). The number of amides is 1. The lowest BCUT2D eigenvalue weighted by Crippen LogP contribution is -2.35. The molecule has 1 aliphatic heterocycles. The van der Waals surface area contributed by atoms with Crippen LogP contribution in [0.15, 0.2) is 24.4 Å². The predicted molar refractivity (Wildman–Crippen MR) is 112 cm³/mol. The number of halogens is 2. The molecule has 1 aliphatic rings. The zero-order valence-corrected chi connectivity index (χ0v) is 17.8. The summed E-state index contributed by atoms with van der Waals surface area (Å²) in [4.78, 5) is 22.3. The number of nitrogens with zero attached hydrogens (tertiary/aromatic N) is 3. The van der Waals surface area contributed by atoms with Crippen LogP contribution in [0.4, 0.5) is 13.9 Å². The first-order valence-electron chi connectivity index (χ1n) is 9.95. The molecule has 2 heterocycles. The fourth-order valence-electron chi connectivity index (χ4n) is 3.60. The first-order chi connectivity index (χ1) is 13.9. The van der Waals surface area contributed by atoms with Gasteiger partial charge in [0.05, 0.1) is 0 Å². The molecular formula is C21H28F2N4OS. The van der Waals surface area contributed by atoms with Gasteiger partial charge in [-0.3, -0.25) is 9.69 Å². The maximum absolute atomic E-state index is 13.2. The van der Waals surface area contributed by atoms with Gasteiger partial charge in [-0.2, -0.15) is 0 Å². The van der Waals surface area contributed by atoms with E-state index >= 15 is 0 Å². The highest BCUT2D eigenvalue weighted by atomic mass is 32.1. The summed E-state index contributed by atoms with van der Waals surface area (Å²) in [6.07, 6.45) is 5.52. The highest BCUT2D eigenvalue weighted by molar-refractivity contribution is 7.15. The minimum Gasteiger partial charge on any atom is -0.354 e. The minimum absolute atomic E-state index is 0.0510. The molecule has 0 saturated carbocycles. The predicted octanol–water partition coefficient (Wildman–Crippen LogP) is 3.80. The summed E-state index contributed by atoms with van der Waals surface area (Å²) in [5.74, 6) is -1.32. The van der Waals surface area contributed by atoms with E-state index in [0.29, 0.717) is 17.9 Å². The Labute approximate surface area is 174 Å². The number of rotatable bonds is 8. The molecule has 1 saturated heterocycles. The van der Waals surface area contributed by atoms with Crippen LogP contribution in [0.2, 0.25) is 0 Å². The number of thiazole rings is 1. The number of benzene rings is 1. The molecule has 29 heavy (non-hydrogen) atoms. The van der Waals surface area contributed by atoms with Gasteiger partial charge in [-0.25, -0.2) is 13.8 Å². The minimum atomic E-state index is -0.891. The molecule has 0 bridgehead atoms. The lowest BCUT2D eigenvalue weighted by atomic mass is 9.93. The van der Waals surface area contributed by atoms with Crippen molar-refractivity contribution in [3.8, 4) is 0 Å². The molecule has 2 aromatic rings. The van der Waals surface area contributed by atoms with E-state index in [4.69, 9.17) is 0 Å². The number of anilines is 1. The Morgan fingerprint density at radius 1 is 1.34 bits per heavy atom. The maximum atomic E-state index is 13.2. The third kappa shape index (κ3) is 6.47. The van der Waals surface area contributed by atoms with Crippen LogP contribution in [0.3, 0.4) is 0 Å². The lowest BCUT2D eigenvalue weighted by Gasteiger charge is -2.32. The molecule has 1 N–H and O–H groups in total. The number of aromatic nitrogens is 1. The van der Waals surface area contributed by atoms with Gasteiger partial charge in [0.15, 0.2) is 16.8 Å². The number of hydrogen-bond acceptors (Lipinski definition) is 5. The van der Waals surface area contributed by atoms with E-state index in [1.807, 2.05) is 25.2 Å². The van der Waals surface area contributed by atoms with Gasteiger partial charge in [0, 0.05) is 51.2 Å². The van der Waals surface area contributed by atoms with Gasteiger partial charge < -0.3 is 10.2 Å². The zero-order valence-electron chi connectivity index (χ0n) is 17.0. The van der Waals surface area contributed by atoms with E-state index < -0.39 is 11.6 Å². The highest BCUT2D eigenvalue weighted by Gasteiger charge is 2.21. The van der Waals surface area contributed by atoms with E-state index in [1.54, 1.807) is 11.3 Å². The van der Waals surface area contributed by atoms with Crippen LogP contribution < -0.4 is 10.2 Å². The van der Waals surface area contributed by atoms with Gasteiger partial charge in [0.1, 0.15) is 0 Å². The molecule has 5 nitrogen and oxygen atoms in total. The van der Waals surface area contributed by atoms with Crippen LogP contribution in [0.5, 0.6) is 0 Å². The molecule has 1 unspecified atom stereocenters. The normalized spacial score (nSPS) is 17.3. The fraction of sp³-hybridized carbons (Fsp3) is 0.524. The van der Waals surface area contributed by atoms with Crippen molar-refractivity contribution in [3.05, 3.63) is 46.5 Å². The molecular weight excluding hydrogens is 394 g/mol. The summed E-state index contributed by atoms with van der Waals surface area (Å²) < 4.78 is 26.2. The Hall–Kier alpha value is -2.06. The standard InChI is InChI=1S/C21H28F2N4OS/c1-26(2)21-25-12-17(29-21)14-27-9-3-4-15(13-27)6-8-20(28)24-11-16-5-7-18(22)19(23)10-16/h5,7,10,12,15H,3-4,6,8-9,11,13-14H2,1-2H3,(H,24,28). The van der Waals surface area contributed by atoms with E-state index in [0.717, 1.165) is 56.2 Å². The molecule has 8 heteroatoms. The average molecular weight is 423 g/mol. The number of piperidine rings is 1. The van der Waals surface area contributed by atoms with E-state index in [-0.39, 0.29) is 12.5 Å². The molecule has 1 aromatic carbocycles. The summed E-state index contributed by atoms with van der Waals surface area (Å²) in [6.45, 7) is 3.19. The first kappa shape index (κ1) is 21.6. The van der Waals surface area contributed by atoms with Crippen molar-refractivity contribution in [2.75, 3.05) is 32.1 Å². The molecule has 1 atom stereocenters. The zero-order chi connectivity index (χ0) is 20.8. The monoisotopic (exact) mass is 422 g/mol. The third-order valence-corrected chi connectivity index (χ3v) is 6.31. The van der Waals surface area contributed by atoms with Gasteiger partial charge in [0.25, 0.3) is 0 Å². The van der Waals surface area contributed by atoms with Crippen molar-refractivity contribution in [1.82, 2.24) is 15.2 Å². The van der Waals surface area contributed by atoms with Crippen molar-refractivity contribution in [3.63, 3.8) is 0 Å². The Balaban J connectivity index is 1.40. The largest absolute Gasteiger partial charge is 0.354 e. The SMILES string of the molecule is CN(C)c1ncc(CN2CCCC(CCC(=O)NCc3ccc(F)c(F)c3)C2)s1. The summed E-state index contributed by atoms with van der Waals surface area (Å²) in [5.41, 5.74) is 0.558. The third-order valence-electron chi connectivity index (χ3n) is 5.16. The molecule has 0 aliphatic carbocycles. The summed E-state index contributed by atoms with van der Waals surface area (Å²) in [5, 5.41) is 3.82. The Bertz CT molecular complexity index is 827. The number of carbonyl (C=O) groups is 1. The average Bonchev–Trinajstić information content (AvgIpc) is 3.16. The van der Waals surface area contributed by atoms with Crippen molar-refractivity contribution in [2.45, 2.75) is 38.8 Å². The quantitative estimate of drug-likeness (QED) is 0.703. The topological polar surface area (TPSA) is 48.5 Å². The molecule has 1 amide bonds. The molecule has 1 fully saturated rings. The number of likely N-dealkylation sites (tertiary alicyclic amines) is 1. The van der Waals surface area contributed by atoms with Gasteiger partial charge in [-0.05, 0) is 49.4 Å². The number of hydrogen-bond donors (Lipinski definition) is 1. The van der Waals surface area contributed by atoms with Crippen molar-refractivity contribution >= 4 is 22.4 Å². The fourth-order valence-corrected chi connectivity index (χ4v) is 4.48. The molecule has 158 valence electrons. The summed E-state index contributed by atoms with van der Waals surface area (Å²) >= 11 is 1.72. The van der Waals surface area contributed by atoms with Crippen LogP contribution in [-0.4, -0.2) is 43.0 Å². The van der Waals surface area contributed by atoms with E-state index in [2.05, 4.69) is 15.2 Å². The van der Waals surface area contributed by atoms with Crippen molar-refractivity contribution in [1.29, 1.82) is 0 Å². The van der Waals surface area contributed by atoms with Crippen LogP contribution in [0.25, 0.3) is 0 Å². The van der Waals surface area contributed by atoms with Crippen molar-refractivity contribution in [2.24, 2.45) is 5.92 Å². The van der Waals surface area contributed by atoms with Crippen LogP contribution in [-0.2, 0) is 17.9 Å². The molecule has 0 spiro atoms. The lowest BCUT2D eigenvalue weighted by molar-refractivity contribution is -0.121. The maximum Gasteiger partial charge on any atom is 0.220 e. The van der Waals surface area contributed by atoms with Gasteiger partial charge >= 0.3 is 0 Å². The second-order valence-electron chi connectivity index (χ2n) is 7.81. The van der Waals surface area contributed by atoms with Gasteiger partial charge in [-0.1, -0.05) is 6.07 Å². The van der Waals surface area contributed by atoms with E-state index in [1.165, 1.54) is 10.9 Å². The Morgan fingerprint density at radius 3 is 2.90 bits per heavy atom. The number of carbonyl (C=O) groups excluding carboxylic acids is 1. The highest BCUT2D eigenvalue weighted by Crippen LogP contribution is 2.26. The second kappa shape index (κ2) is 10.1. The van der Waals surface area contributed by atoms with Crippen molar-refractivity contribution < 1.29 is 13.6 Å². The van der Waals surface area contributed by atoms with Crippen LogP contribution in [0.1, 0.15) is 36.1 Å². The van der Waals surface area contributed by atoms with Gasteiger partial charge in [-0.15, -0.1) is 11.3 Å². The first-order valence-corrected chi connectivity index (χ1v) is 10.8. The summed E-state index contributed by atoms with van der Waals surface area (Å²) in [6, 6.07) is 3.69. The number of nitrogens with one attached hydrogen (secondary N) is 1. The second-order valence-corrected chi connectivity index (χ2v) is 8.90. The van der Waals surface area contributed by atoms with Crippen LogP contribution >= 0.6 is 11.3 Å². The smallest absolute Gasteiger partial charge is 0.220 e.